The second-order valence-corrected chi connectivity index (χ2v) is 5.39. The molecule has 2 amide bonds. The molecule has 0 aliphatic carbocycles. The number of rotatable bonds is 7. The smallest absolute Gasteiger partial charge is 0.306 e. The Bertz CT molecular complexity index is 533. The number of carboxylic acid groups (broad SMARTS) is 1. The Morgan fingerprint density at radius 1 is 1.24 bits per heavy atom. The third-order valence-corrected chi connectivity index (χ3v) is 3.54. The van der Waals surface area contributed by atoms with Crippen LogP contribution in [-0.4, -0.2) is 36.0 Å². The minimum atomic E-state index is -0.897. The lowest BCUT2D eigenvalue weighted by molar-refractivity contribution is -0.141. The second-order valence-electron chi connectivity index (χ2n) is 4.54. The van der Waals surface area contributed by atoms with Gasteiger partial charge in [0.1, 0.15) is 0 Å². The Morgan fingerprint density at radius 2 is 1.90 bits per heavy atom. The summed E-state index contributed by atoms with van der Waals surface area (Å²) in [5.41, 5.74) is 0.449. The van der Waals surface area contributed by atoms with E-state index in [1.54, 1.807) is 31.2 Å². The van der Waals surface area contributed by atoms with Crippen LogP contribution in [0.4, 0.5) is 0 Å². The molecule has 1 aromatic carbocycles. The number of hydrogen-bond acceptors (Lipinski definition) is 3. The van der Waals surface area contributed by atoms with Crippen LogP contribution < -0.4 is 10.6 Å². The molecule has 21 heavy (non-hydrogen) atoms. The molecule has 0 saturated heterocycles. The molecule has 1 atom stereocenters. The van der Waals surface area contributed by atoms with E-state index in [-0.39, 0.29) is 24.9 Å². The van der Waals surface area contributed by atoms with Gasteiger partial charge in [-0.2, -0.15) is 0 Å². The Hall–Kier alpha value is -1.89. The predicted molar refractivity (Wildman–Crippen MR) is 80.9 cm³/mol. The van der Waals surface area contributed by atoms with Gasteiger partial charge in [0.05, 0.1) is 18.0 Å². The summed E-state index contributed by atoms with van der Waals surface area (Å²) < 4.78 is 0.651. The number of carboxylic acids is 1. The van der Waals surface area contributed by atoms with Crippen LogP contribution in [0.2, 0.25) is 0 Å². The SMILES string of the molecule is CC(CCNC(=O)CNC(=O)c1ccccc1Br)C(=O)O. The van der Waals surface area contributed by atoms with Crippen molar-refractivity contribution in [2.24, 2.45) is 5.92 Å². The van der Waals surface area contributed by atoms with Crippen LogP contribution in [0.3, 0.4) is 0 Å². The average molecular weight is 357 g/mol. The fourth-order valence-corrected chi connectivity index (χ4v) is 1.98. The molecule has 6 nitrogen and oxygen atoms in total. The lowest BCUT2D eigenvalue weighted by Gasteiger charge is -2.09. The van der Waals surface area contributed by atoms with E-state index in [4.69, 9.17) is 5.11 Å². The van der Waals surface area contributed by atoms with Crippen molar-refractivity contribution in [3.8, 4) is 0 Å². The van der Waals surface area contributed by atoms with E-state index < -0.39 is 11.9 Å². The number of nitrogens with one attached hydrogen (secondary N) is 2. The number of hydrogen-bond donors (Lipinski definition) is 3. The molecule has 7 heteroatoms. The summed E-state index contributed by atoms with van der Waals surface area (Å²) in [5.74, 6) is -2.11. The highest BCUT2D eigenvalue weighted by Crippen LogP contribution is 2.15. The van der Waals surface area contributed by atoms with Gasteiger partial charge in [-0.15, -0.1) is 0 Å². The Morgan fingerprint density at radius 3 is 2.52 bits per heavy atom. The maximum Gasteiger partial charge on any atom is 0.306 e. The van der Waals surface area contributed by atoms with Gasteiger partial charge in [-0.3, -0.25) is 14.4 Å². The summed E-state index contributed by atoms with van der Waals surface area (Å²) in [6.07, 6.45) is 0.346. The average Bonchev–Trinajstić information content (AvgIpc) is 2.45. The van der Waals surface area contributed by atoms with Gasteiger partial charge in [0.2, 0.25) is 5.91 Å². The zero-order chi connectivity index (χ0) is 15.8. The Kier molecular flexibility index (Phi) is 6.87. The van der Waals surface area contributed by atoms with Gasteiger partial charge in [0.25, 0.3) is 5.91 Å². The molecular formula is C14H17BrN2O4. The van der Waals surface area contributed by atoms with Crippen LogP contribution in [-0.2, 0) is 9.59 Å². The molecule has 0 saturated carbocycles. The van der Waals surface area contributed by atoms with Crippen LogP contribution in [0.1, 0.15) is 23.7 Å². The van der Waals surface area contributed by atoms with Gasteiger partial charge in [-0.25, -0.2) is 0 Å². The highest BCUT2D eigenvalue weighted by atomic mass is 79.9. The topological polar surface area (TPSA) is 95.5 Å². The van der Waals surface area contributed by atoms with Gasteiger partial charge in [-0.1, -0.05) is 19.1 Å². The van der Waals surface area contributed by atoms with E-state index in [1.807, 2.05) is 0 Å². The summed E-state index contributed by atoms with van der Waals surface area (Å²) in [4.78, 5) is 34.0. The zero-order valence-corrected chi connectivity index (χ0v) is 13.1. The molecule has 114 valence electrons. The van der Waals surface area contributed by atoms with E-state index in [0.29, 0.717) is 16.5 Å². The first-order valence-electron chi connectivity index (χ1n) is 6.44. The van der Waals surface area contributed by atoms with Crippen molar-refractivity contribution in [3.05, 3.63) is 34.3 Å². The first-order chi connectivity index (χ1) is 9.91. The van der Waals surface area contributed by atoms with Crippen molar-refractivity contribution in [2.45, 2.75) is 13.3 Å². The summed E-state index contributed by atoms with van der Waals surface area (Å²) in [7, 11) is 0. The van der Waals surface area contributed by atoms with Crippen molar-refractivity contribution in [1.29, 1.82) is 0 Å². The number of carbonyl (C=O) groups excluding carboxylic acids is 2. The molecule has 0 aliphatic rings. The van der Waals surface area contributed by atoms with Crippen LogP contribution in [0, 0.1) is 5.92 Å². The number of halogens is 1. The summed E-state index contributed by atoms with van der Waals surface area (Å²) in [6.45, 7) is 1.68. The minimum Gasteiger partial charge on any atom is -0.481 e. The fourth-order valence-electron chi connectivity index (χ4n) is 1.52. The molecule has 1 rings (SSSR count). The molecule has 1 unspecified atom stereocenters. The summed E-state index contributed by atoms with van der Waals surface area (Å²) >= 11 is 3.26. The van der Waals surface area contributed by atoms with Crippen LogP contribution in [0.5, 0.6) is 0 Å². The highest BCUT2D eigenvalue weighted by molar-refractivity contribution is 9.10. The third kappa shape index (κ3) is 5.95. The largest absolute Gasteiger partial charge is 0.481 e. The maximum absolute atomic E-state index is 11.8. The molecule has 0 spiro atoms. The molecule has 0 radical (unpaired) electrons. The van der Waals surface area contributed by atoms with Gasteiger partial charge >= 0.3 is 5.97 Å². The van der Waals surface area contributed by atoms with Crippen LogP contribution in [0.15, 0.2) is 28.7 Å². The molecule has 0 bridgehead atoms. The van der Waals surface area contributed by atoms with E-state index in [2.05, 4.69) is 26.6 Å². The third-order valence-electron chi connectivity index (χ3n) is 2.85. The standard InChI is InChI=1S/C14H17BrN2O4/c1-9(14(20)21)6-7-16-12(18)8-17-13(19)10-4-2-3-5-11(10)15/h2-5,9H,6-8H2,1H3,(H,16,18)(H,17,19)(H,20,21). The zero-order valence-electron chi connectivity index (χ0n) is 11.6. The van der Waals surface area contributed by atoms with Crippen molar-refractivity contribution in [2.75, 3.05) is 13.1 Å². The van der Waals surface area contributed by atoms with Gasteiger partial charge in [0.15, 0.2) is 0 Å². The molecular weight excluding hydrogens is 340 g/mol. The van der Waals surface area contributed by atoms with Crippen LogP contribution >= 0.6 is 15.9 Å². The van der Waals surface area contributed by atoms with Crippen molar-refractivity contribution < 1.29 is 19.5 Å². The fraction of sp³-hybridized carbons (Fsp3) is 0.357. The molecule has 1 aromatic rings. The van der Waals surface area contributed by atoms with E-state index in [9.17, 15) is 14.4 Å². The van der Waals surface area contributed by atoms with Crippen molar-refractivity contribution >= 4 is 33.7 Å². The second kappa shape index (κ2) is 8.41. The lowest BCUT2D eigenvalue weighted by atomic mass is 10.1. The van der Waals surface area contributed by atoms with E-state index >= 15 is 0 Å². The first-order valence-corrected chi connectivity index (χ1v) is 7.23. The Labute approximate surface area is 131 Å². The maximum atomic E-state index is 11.8. The van der Waals surface area contributed by atoms with Gasteiger partial charge in [0, 0.05) is 11.0 Å². The number of benzene rings is 1. The van der Waals surface area contributed by atoms with Gasteiger partial charge < -0.3 is 15.7 Å². The highest BCUT2D eigenvalue weighted by Gasteiger charge is 2.12. The Balaban J connectivity index is 2.32. The number of carbonyl (C=O) groups is 3. The van der Waals surface area contributed by atoms with E-state index in [1.165, 1.54) is 0 Å². The summed E-state index contributed by atoms with van der Waals surface area (Å²) in [6, 6.07) is 6.90. The first kappa shape index (κ1) is 17.2. The summed E-state index contributed by atoms with van der Waals surface area (Å²) in [5, 5.41) is 13.8. The predicted octanol–water partition coefficient (Wildman–Crippen LogP) is 1.41. The number of amides is 2. The van der Waals surface area contributed by atoms with Gasteiger partial charge in [-0.05, 0) is 34.5 Å². The molecule has 0 aromatic heterocycles. The van der Waals surface area contributed by atoms with Crippen LogP contribution in [0.25, 0.3) is 0 Å². The molecule has 0 fully saturated rings. The molecule has 0 heterocycles. The number of aliphatic carboxylic acids is 1. The van der Waals surface area contributed by atoms with E-state index in [0.717, 1.165) is 0 Å². The normalized spacial score (nSPS) is 11.5. The molecule has 0 aliphatic heterocycles. The monoisotopic (exact) mass is 356 g/mol. The van der Waals surface area contributed by atoms with Crippen molar-refractivity contribution in [1.82, 2.24) is 10.6 Å². The quantitative estimate of drug-likeness (QED) is 0.688. The lowest BCUT2D eigenvalue weighted by Crippen LogP contribution is -2.37. The molecule has 3 N–H and O–H groups in total. The van der Waals surface area contributed by atoms with Crippen molar-refractivity contribution in [3.63, 3.8) is 0 Å². The minimum absolute atomic E-state index is 0.151.